The summed E-state index contributed by atoms with van der Waals surface area (Å²) in [6.07, 6.45) is 50.7. The van der Waals surface area contributed by atoms with Gasteiger partial charge in [-0.1, -0.05) is 185 Å². The number of hydrogen-bond donors (Lipinski definition) is 1. The number of nitrogens with zero attached hydrogens (tertiary/aromatic N) is 1. The Morgan fingerprint density at radius 2 is 0.918 bits per heavy atom. The number of phosphoric ester groups is 1. The van der Waals surface area contributed by atoms with Gasteiger partial charge in [-0.3, -0.25) is 18.6 Å². The highest BCUT2D eigenvalue weighted by Gasteiger charge is 2.27. The maximum Gasteiger partial charge on any atom is 0.472 e. The lowest BCUT2D eigenvalue weighted by Crippen LogP contribution is -2.37. The molecule has 0 heterocycles. The number of ether oxygens (including phenoxy) is 2. The summed E-state index contributed by atoms with van der Waals surface area (Å²) in [5, 5.41) is 0. The number of carbonyl (C=O) groups is 2. The Labute approximate surface area is 376 Å². The van der Waals surface area contributed by atoms with Crippen molar-refractivity contribution in [3.63, 3.8) is 0 Å². The minimum absolute atomic E-state index is 0.0311. The molecule has 61 heavy (non-hydrogen) atoms. The molecule has 2 atom stereocenters. The Bertz CT molecular complexity index is 1130. The van der Waals surface area contributed by atoms with Gasteiger partial charge in [0.25, 0.3) is 0 Å². The van der Waals surface area contributed by atoms with Crippen molar-refractivity contribution in [2.24, 2.45) is 0 Å². The summed E-state index contributed by atoms with van der Waals surface area (Å²) in [4.78, 5) is 35.4. The number of unbranched alkanes of at least 4 members (excludes halogenated alkanes) is 26. The molecular formula is C51H97NO8P+. The molecule has 0 rings (SSSR count). The van der Waals surface area contributed by atoms with Crippen LogP contribution in [0.25, 0.3) is 0 Å². The second-order valence-corrected chi connectivity index (χ2v) is 19.6. The van der Waals surface area contributed by atoms with Crippen molar-refractivity contribution in [2.45, 2.75) is 232 Å². The van der Waals surface area contributed by atoms with E-state index in [-0.39, 0.29) is 32.0 Å². The van der Waals surface area contributed by atoms with Crippen LogP contribution in [0.2, 0.25) is 0 Å². The van der Waals surface area contributed by atoms with Crippen molar-refractivity contribution in [3.8, 4) is 0 Å². The fraction of sp³-hybridized carbons (Fsp3) is 0.843. The van der Waals surface area contributed by atoms with Gasteiger partial charge in [0, 0.05) is 12.8 Å². The minimum Gasteiger partial charge on any atom is -0.462 e. The maximum atomic E-state index is 12.7. The molecule has 0 saturated carbocycles. The quantitative estimate of drug-likeness (QED) is 0.0212. The van der Waals surface area contributed by atoms with E-state index in [4.69, 9.17) is 18.5 Å². The normalized spacial score (nSPS) is 13.7. The summed E-state index contributed by atoms with van der Waals surface area (Å²) in [5.41, 5.74) is 0. The molecule has 0 aliphatic heterocycles. The highest BCUT2D eigenvalue weighted by molar-refractivity contribution is 7.47. The van der Waals surface area contributed by atoms with Crippen LogP contribution in [0.4, 0.5) is 0 Å². The third-order valence-electron chi connectivity index (χ3n) is 10.9. The molecule has 10 heteroatoms. The molecule has 0 aliphatic rings. The number of esters is 2. The third kappa shape index (κ3) is 47.5. The molecule has 0 fully saturated rings. The Morgan fingerprint density at radius 1 is 0.508 bits per heavy atom. The molecular weight excluding hydrogens is 786 g/mol. The van der Waals surface area contributed by atoms with E-state index < -0.39 is 26.5 Å². The molecule has 9 nitrogen and oxygen atoms in total. The average molecular weight is 883 g/mol. The van der Waals surface area contributed by atoms with Crippen molar-refractivity contribution >= 4 is 19.8 Å². The predicted molar refractivity (Wildman–Crippen MR) is 257 cm³/mol. The molecule has 0 spiro atoms. The largest absolute Gasteiger partial charge is 0.472 e. The molecule has 2 unspecified atom stereocenters. The number of rotatable bonds is 46. The van der Waals surface area contributed by atoms with Gasteiger partial charge in [-0.15, -0.1) is 0 Å². The Kier molecular flexibility index (Phi) is 42.2. The van der Waals surface area contributed by atoms with E-state index >= 15 is 0 Å². The number of phosphoric acid groups is 1. The van der Waals surface area contributed by atoms with Crippen molar-refractivity contribution in [2.75, 3.05) is 47.5 Å². The lowest BCUT2D eigenvalue weighted by Gasteiger charge is -2.24. The van der Waals surface area contributed by atoms with Crippen LogP contribution in [-0.2, 0) is 32.7 Å². The van der Waals surface area contributed by atoms with Crippen LogP contribution >= 0.6 is 7.82 Å². The van der Waals surface area contributed by atoms with Crippen LogP contribution in [0, 0.1) is 0 Å². The Hall–Kier alpha value is -1.77. The summed E-state index contributed by atoms with van der Waals surface area (Å²) in [6, 6.07) is 0. The highest BCUT2D eigenvalue weighted by atomic mass is 31.2. The zero-order valence-corrected chi connectivity index (χ0v) is 41.3. The van der Waals surface area contributed by atoms with Crippen LogP contribution in [0.3, 0.4) is 0 Å². The van der Waals surface area contributed by atoms with Crippen LogP contribution in [0.1, 0.15) is 226 Å². The maximum absolute atomic E-state index is 12.7. The first-order valence-corrected chi connectivity index (χ1v) is 26.7. The van der Waals surface area contributed by atoms with Crippen molar-refractivity contribution in [3.05, 3.63) is 36.5 Å². The van der Waals surface area contributed by atoms with Crippen LogP contribution < -0.4 is 0 Å². The Morgan fingerprint density at radius 3 is 1.38 bits per heavy atom. The highest BCUT2D eigenvalue weighted by Crippen LogP contribution is 2.43. The standard InChI is InChI=1S/C51H96NO8P/c1-6-8-10-12-14-16-18-19-20-21-22-23-24-25-26-27-28-29-30-31-32-33-34-36-38-40-42-44-51(54)60-49(48-59-61(55,56)58-46-45-52(3,4)5)47-57-50(53)43-41-39-37-35-17-15-13-11-9-7-2/h11,13,18-19,21-22,49H,6-10,12,14-17,20,23-48H2,1-5H3/p+1/b13-11-,19-18-,22-21-. The van der Waals surface area contributed by atoms with E-state index in [1.807, 2.05) is 21.1 Å². The number of hydrogen-bond acceptors (Lipinski definition) is 7. The van der Waals surface area contributed by atoms with E-state index in [2.05, 4.69) is 50.3 Å². The predicted octanol–water partition coefficient (Wildman–Crippen LogP) is 14.9. The van der Waals surface area contributed by atoms with Gasteiger partial charge >= 0.3 is 19.8 Å². The number of quaternary nitrogens is 1. The fourth-order valence-corrected chi connectivity index (χ4v) is 7.67. The first-order chi connectivity index (χ1) is 29.5. The van der Waals surface area contributed by atoms with Crippen molar-refractivity contribution < 1.29 is 42.1 Å². The summed E-state index contributed by atoms with van der Waals surface area (Å²) < 4.78 is 34.3. The van der Waals surface area contributed by atoms with Gasteiger partial charge in [0.2, 0.25) is 0 Å². The molecule has 0 aromatic carbocycles. The van der Waals surface area contributed by atoms with Gasteiger partial charge in [0.1, 0.15) is 19.8 Å². The smallest absolute Gasteiger partial charge is 0.462 e. The molecule has 0 radical (unpaired) electrons. The zero-order chi connectivity index (χ0) is 45.0. The van der Waals surface area contributed by atoms with Gasteiger partial charge < -0.3 is 18.9 Å². The SMILES string of the molecule is CCC/C=C\CCCCCCCC(=O)OCC(COP(=O)(O)OCC[N+](C)(C)C)OC(=O)CCCCCCCCCCCCCCCCC/C=C\C/C=C\CCCCCCC. The summed E-state index contributed by atoms with van der Waals surface area (Å²) >= 11 is 0. The minimum atomic E-state index is -4.37. The summed E-state index contributed by atoms with van der Waals surface area (Å²) in [7, 11) is 1.48. The summed E-state index contributed by atoms with van der Waals surface area (Å²) in [5.74, 6) is -0.806. The number of carbonyl (C=O) groups excluding carboxylic acids is 2. The van der Waals surface area contributed by atoms with Crippen molar-refractivity contribution in [1.82, 2.24) is 0 Å². The van der Waals surface area contributed by atoms with Crippen LogP contribution in [0.15, 0.2) is 36.5 Å². The molecule has 0 aromatic rings. The molecule has 0 aliphatic carbocycles. The van der Waals surface area contributed by atoms with E-state index in [1.165, 1.54) is 128 Å². The number of likely N-dealkylation sites (N-methyl/N-ethyl adjacent to an activating group) is 1. The molecule has 0 bridgehead atoms. The number of allylic oxidation sites excluding steroid dienone is 6. The Balaban J connectivity index is 4.09. The molecule has 0 aromatic heterocycles. The van der Waals surface area contributed by atoms with Crippen LogP contribution in [0.5, 0.6) is 0 Å². The van der Waals surface area contributed by atoms with Crippen LogP contribution in [-0.4, -0.2) is 74.9 Å². The van der Waals surface area contributed by atoms with Gasteiger partial charge in [0.15, 0.2) is 6.10 Å². The average Bonchev–Trinajstić information content (AvgIpc) is 3.21. The van der Waals surface area contributed by atoms with Gasteiger partial charge in [0.05, 0.1) is 27.7 Å². The first-order valence-electron chi connectivity index (χ1n) is 25.2. The molecule has 0 saturated heterocycles. The van der Waals surface area contributed by atoms with E-state index in [1.54, 1.807) is 0 Å². The third-order valence-corrected chi connectivity index (χ3v) is 11.9. The molecule has 1 N–H and O–H groups in total. The fourth-order valence-electron chi connectivity index (χ4n) is 6.93. The second kappa shape index (κ2) is 43.5. The lowest BCUT2D eigenvalue weighted by atomic mass is 10.0. The molecule has 358 valence electrons. The summed E-state index contributed by atoms with van der Waals surface area (Å²) in [6.45, 7) is 4.36. The van der Waals surface area contributed by atoms with E-state index in [0.717, 1.165) is 64.2 Å². The lowest BCUT2D eigenvalue weighted by molar-refractivity contribution is -0.870. The zero-order valence-electron chi connectivity index (χ0n) is 40.4. The van der Waals surface area contributed by atoms with E-state index in [0.29, 0.717) is 17.4 Å². The topological polar surface area (TPSA) is 108 Å². The van der Waals surface area contributed by atoms with Gasteiger partial charge in [-0.2, -0.15) is 0 Å². The molecule has 0 amide bonds. The first kappa shape index (κ1) is 59.2. The van der Waals surface area contributed by atoms with Gasteiger partial charge in [-0.05, 0) is 64.2 Å². The monoisotopic (exact) mass is 883 g/mol. The second-order valence-electron chi connectivity index (χ2n) is 18.2. The van der Waals surface area contributed by atoms with Gasteiger partial charge in [-0.25, -0.2) is 4.57 Å². The van der Waals surface area contributed by atoms with E-state index in [9.17, 15) is 19.0 Å². The van der Waals surface area contributed by atoms with Crippen molar-refractivity contribution in [1.29, 1.82) is 0 Å².